The first-order valence-corrected chi connectivity index (χ1v) is 7.33. The number of halogens is 4. The number of hydrogen-bond donors (Lipinski definition) is 1. The van der Waals surface area contributed by atoms with Gasteiger partial charge in [0.1, 0.15) is 17.4 Å². The minimum atomic E-state index is -1.14. The predicted molar refractivity (Wildman–Crippen MR) is 80.8 cm³/mol. The van der Waals surface area contributed by atoms with E-state index in [1.807, 2.05) is 0 Å². The van der Waals surface area contributed by atoms with Crippen LogP contribution in [-0.2, 0) is 4.79 Å². The van der Waals surface area contributed by atoms with Crippen LogP contribution in [0, 0.1) is 11.6 Å². The molecule has 0 saturated heterocycles. The quantitative estimate of drug-likeness (QED) is 0.809. The molecule has 0 aliphatic heterocycles. The highest BCUT2D eigenvalue weighted by molar-refractivity contribution is 9.10. The Balaban J connectivity index is 2.38. The number of carbonyl (C=O) groups excluding carboxylic acids is 1. The molecular weight excluding hydrogens is 412 g/mol. The number of amides is 1. The van der Waals surface area contributed by atoms with Crippen LogP contribution in [0.1, 0.15) is 11.7 Å². The van der Waals surface area contributed by atoms with Crippen LogP contribution in [0.4, 0.5) is 8.78 Å². The van der Waals surface area contributed by atoms with Gasteiger partial charge in [-0.1, -0.05) is 22.0 Å². The van der Waals surface area contributed by atoms with Gasteiger partial charge in [0, 0.05) is 10.0 Å². The van der Waals surface area contributed by atoms with Crippen molar-refractivity contribution in [2.45, 2.75) is 6.10 Å². The van der Waals surface area contributed by atoms with Crippen molar-refractivity contribution in [3.05, 3.63) is 62.5 Å². The second kappa shape index (κ2) is 6.53. The second-order valence-corrected chi connectivity index (χ2v) is 5.85. The molecule has 0 aliphatic rings. The number of hydrogen-bond acceptors (Lipinski definition) is 2. The lowest BCUT2D eigenvalue weighted by atomic mass is 10.1. The van der Waals surface area contributed by atoms with Gasteiger partial charge in [0.2, 0.25) is 6.10 Å². The van der Waals surface area contributed by atoms with Crippen molar-refractivity contribution < 1.29 is 18.3 Å². The number of benzene rings is 2. The van der Waals surface area contributed by atoms with Crippen molar-refractivity contribution in [1.29, 1.82) is 0 Å². The molecule has 0 aromatic heterocycles. The zero-order valence-corrected chi connectivity index (χ0v) is 13.6. The van der Waals surface area contributed by atoms with Crippen molar-refractivity contribution in [3.8, 4) is 5.75 Å². The number of carbonyl (C=O) groups is 1. The van der Waals surface area contributed by atoms with Crippen LogP contribution in [-0.4, -0.2) is 5.91 Å². The third kappa shape index (κ3) is 3.79. The monoisotopic (exact) mass is 419 g/mol. The zero-order valence-electron chi connectivity index (χ0n) is 10.4. The van der Waals surface area contributed by atoms with Gasteiger partial charge in [-0.25, -0.2) is 8.78 Å². The van der Waals surface area contributed by atoms with Gasteiger partial charge in [0.15, 0.2) is 0 Å². The Morgan fingerprint density at radius 1 is 1.05 bits per heavy atom. The number of ether oxygens (including phenoxy) is 1. The summed E-state index contributed by atoms with van der Waals surface area (Å²) in [5, 5.41) is 0. The maximum atomic E-state index is 13.1. The molecule has 2 aromatic carbocycles. The fourth-order valence-corrected chi connectivity index (χ4v) is 2.69. The zero-order chi connectivity index (χ0) is 15.6. The molecule has 0 heterocycles. The molecule has 0 saturated carbocycles. The van der Waals surface area contributed by atoms with Crippen molar-refractivity contribution in [3.63, 3.8) is 0 Å². The van der Waals surface area contributed by atoms with Gasteiger partial charge in [0.05, 0.1) is 4.47 Å². The first-order valence-electron chi connectivity index (χ1n) is 5.74. The number of nitrogens with two attached hydrogens (primary N) is 1. The third-order valence-electron chi connectivity index (χ3n) is 2.64. The summed E-state index contributed by atoms with van der Waals surface area (Å²) in [4.78, 5) is 11.6. The first kappa shape index (κ1) is 15.9. The maximum absolute atomic E-state index is 13.1. The lowest BCUT2D eigenvalue weighted by Gasteiger charge is -2.18. The van der Waals surface area contributed by atoms with E-state index in [4.69, 9.17) is 10.5 Å². The van der Waals surface area contributed by atoms with Gasteiger partial charge in [-0.05, 0) is 46.3 Å². The van der Waals surface area contributed by atoms with Crippen molar-refractivity contribution in [2.75, 3.05) is 0 Å². The number of rotatable bonds is 4. The van der Waals surface area contributed by atoms with Crippen LogP contribution < -0.4 is 10.5 Å². The molecule has 0 fully saturated rings. The molecule has 2 aromatic rings. The smallest absolute Gasteiger partial charge is 0.263 e. The Bertz CT molecular complexity index is 695. The van der Waals surface area contributed by atoms with Crippen LogP contribution in [0.3, 0.4) is 0 Å². The summed E-state index contributed by atoms with van der Waals surface area (Å²) >= 11 is 6.30. The summed E-state index contributed by atoms with van der Waals surface area (Å²) < 4.78 is 32.4. The summed E-state index contributed by atoms with van der Waals surface area (Å²) in [6.07, 6.45) is -1.14. The molecule has 110 valence electrons. The molecule has 21 heavy (non-hydrogen) atoms. The summed E-state index contributed by atoms with van der Waals surface area (Å²) in [5.74, 6) is -1.42. The minimum Gasteiger partial charge on any atom is -0.475 e. The highest BCUT2D eigenvalue weighted by Gasteiger charge is 2.23. The van der Waals surface area contributed by atoms with E-state index >= 15 is 0 Å². The summed E-state index contributed by atoms with van der Waals surface area (Å²) in [6, 6.07) is 7.55. The van der Waals surface area contributed by atoms with Gasteiger partial charge < -0.3 is 10.5 Å². The Hall–Kier alpha value is -1.47. The van der Waals surface area contributed by atoms with E-state index in [2.05, 4.69) is 31.9 Å². The highest BCUT2D eigenvalue weighted by atomic mass is 79.9. The molecule has 1 amide bonds. The van der Waals surface area contributed by atoms with E-state index in [1.165, 1.54) is 36.4 Å². The van der Waals surface area contributed by atoms with Crippen molar-refractivity contribution in [1.82, 2.24) is 0 Å². The van der Waals surface area contributed by atoms with Gasteiger partial charge in [0.25, 0.3) is 5.91 Å². The minimum absolute atomic E-state index is 0.247. The van der Waals surface area contributed by atoms with Gasteiger partial charge >= 0.3 is 0 Å². The normalized spacial score (nSPS) is 12.0. The SMILES string of the molecule is NC(=O)C(Oc1ccc(F)cc1Br)c1ccc(F)cc1Br. The van der Waals surface area contributed by atoms with E-state index in [1.54, 1.807) is 0 Å². The summed E-state index contributed by atoms with van der Waals surface area (Å²) in [7, 11) is 0. The molecule has 2 N–H and O–H groups in total. The average molecular weight is 421 g/mol. The largest absolute Gasteiger partial charge is 0.475 e. The van der Waals surface area contributed by atoms with Crippen LogP contribution in [0.25, 0.3) is 0 Å². The molecule has 0 aliphatic carbocycles. The van der Waals surface area contributed by atoms with Crippen molar-refractivity contribution in [2.24, 2.45) is 5.73 Å². The van der Waals surface area contributed by atoms with Crippen LogP contribution >= 0.6 is 31.9 Å². The standard InChI is InChI=1S/C14H9Br2F2NO2/c15-10-5-7(17)1-3-9(10)13(14(19)20)21-12-4-2-8(18)6-11(12)16/h1-6,13H,(H2,19,20). The van der Waals surface area contributed by atoms with Crippen LogP contribution in [0.15, 0.2) is 45.3 Å². The van der Waals surface area contributed by atoms with Gasteiger partial charge in [-0.2, -0.15) is 0 Å². The van der Waals surface area contributed by atoms with E-state index < -0.39 is 23.6 Å². The molecular formula is C14H9Br2F2NO2. The van der Waals surface area contributed by atoms with Crippen LogP contribution in [0.2, 0.25) is 0 Å². The summed E-state index contributed by atoms with van der Waals surface area (Å²) in [6.45, 7) is 0. The van der Waals surface area contributed by atoms with E-state index in [0.29, 0.717) is 14.5 Å². The molecule has 0 spiro atoms. The Kier molecular flexibility index (Phi) is 4.95. The fourth-order valence-electron chi connectivity index (χ4n) is 1.69. The molecule has 2 rings (SSSR count). The Labute approximate surface area is 136 Å². The molecule has 7 heteroatoms. The Morgan fingerprint density at radius 3 is 2.14 bits per heavy atom. The average Bonchev–Trinajstić information content (AvgIpc) is 2.38. The lowest BCUT2D eigenvalue weighted by molar-refractivity contribution is -0.125. The fraction of sp³-hybridized carbons (Fsp3) is 0.0714. The lowest BCUT2D eigenvalue weighted by Crippen LogP contribution is -2.26. The molecule has 1 atom stereocenters. The predicted octanol–water partition coefficient (Wildman–Crippen LogP) is 4.10. The second-order valence-electron chi connectivity index (χ2n) is 4.14. The van der Waals surface area contributed by atoms with Crippen molar-refractivity contribution >= 4 is 37.8 Å². The summed E-state index contributed by atoms with van der Waals surface area (Å²) in [5.41, 5.74) is 5.71. The topological polar surface area (TPSA) is 52.3 Å². The van der Waals surface area contributed by atoms with Gasteiger partial charge in [-0.15, -0.1) is 0 Å². The number of primary amides is 1. The highest BCUT2D eigenvalue weighted by Crippen LogP contribution is 2.32. The molecule has 1 unspecified atom stereocenters. The first-order chi connectivity index (χ1) is 9.88. The van der Waals surface area contributed by atoms with E-state index in [-0.39, 0.29) is 5.75 Å². The van der Waals surface area contributed by atoms with Gasteiger partial charge in [-0.3, -0.25) is 4.79 Å². The van der Waals surface area contributed by atoms with E-state index in [0.717, 1.165) is 0 Å². The molecule has 0 bridgehead atoms. The molecule has 3 nitrogen and oxygen atoms in total. The Morgan fingerprint density at radius 2 is 1.62 bits per heavy atom. The third-order valence-corrected chi connectivity index (χ3v) is 3.95. The van der Waals surface area contributed by atoms with Crippen LogP contribution in [0.5, 0.6) is 5.75 Å². The van der Waals surface area contributed by atoms with E-state index in [9.17, 15) is 13.6 Å². The maximum Gasteiger partial charge on any atom is 0.263 e. The molecule has 0 radical (unpaired) electrons.